The molecule has 1 unspecified atom stereocenters. The first kappa shape index (κ1) is 21.9. The van der Waals surface area contributed by atoms with Crippen LogP contribution in [0, 0.1) is 0 Å². The van der Waals surface area contributed by atoms with Gasteiger partial charge in [0.25, 0.3) is 0 Å². The number of rotatable bonds is 6. The molecule has 0 aliphatic carbocycles. The van der Waals surface area contributed by atoms with Gasteiger partial charge in [0.05, 0.1) is 31.7 Å². The van der Waals surface area contributed by atoms with Crippen molar-refractivity contribution in [1.82, 2.24) is 10.2 Å². The first-order chi connectivity index (χ1) is 16.7. The molecule has 0 bridgehead atoms. The van der Waals surface area contributed by atoms with Gasteiger partial charge in [-0.25, -0.2) is 5.01 Å². The second kappa shape index (κ2) is 9.53. The van der Waals surface area contributed by atoms with Crippen molar-refractivity contribution in [1.29, 1.82) is 0 Å². The van der Waals surface area contributed by atoms with Gasteiger partial charge in [0.2, 0.25) is 0 Å². The summed E-state index contributed by atoms with van der Waals surface area (Å²) in [6, 6.07) is 27.3. The van der Waals surface area contributed by atoms with Gasteiger partial charge in [-0.3, -0.25) is 0 Å². The normalized spacial score (nSPS) is 15.2. The number of hydrazone groups is 1. The summed E-state index contributed by atoms with van der Waals surface area (Å²) in [5.41, 5.74) is 4.77. The van der Waals surface area contributed by atoms with E-state index in [1.54, 1.807) is 14.2 Å². The molecule has 4 aromatic rings. The Morgan fingerprint density at radius 1 is 0.824 bits per heavy atom. The molecule has 2 heterocycles. The Bertz CT molecular complexity index is 1310. The van der Waals surface area contributed by atoms with Crippen LogP contribution in [-0.2, 0) is 0 Å². The maximum atomic E-state index is 6.10. The third kappa shape index (κ3) is 4.32. The predicted molar refractivity (Wildman–Crippen MR) is 135 cm³/mol. The van der Waals surface area contributed by atoms with Crippen molar-refractivity contribution in [3.63, 3.8) is 0 Å². The zero-order chi connectivity index (χ0) is 23.5. The van der Waals surface area contributed by atoms with Crippen LogP contribution in [-0.4, -0.2) is 30.1 Å². The van der Waals surface area contributed by atoms with Crippen LogP contribution < -0.4 is 14.5 Å². The lowest BCUT2D eigenvalue weighted by molar-refractivity contribution is 0.388. The highest BCUT2D eigenvalue weighted by molar-refractivity contribution is 6.30. The maximum Gasteiger partial charge on any atom is 0.172 e. The van der Waals surface area contributed by atoms with Gasteiger partial charge >= 0.3 is 0 Å². The molecule has 7 heteroatoms. The third-order valence-corrected chi connectivity index (χ3v) is 6.09. The Kier molecular flexibility index (Phi) is 6.14. The lowest BCUT2D eigenvalue weighted by Gasteiger charge is -2.24. The highest BCUT2D eigenvalue weighted by Crippen LogP contribution is 2.41. The first-order valence-corrected chi connectivity index (χ1v) is 11.3. The van der Waals surface area contributed by atoms with E-state index in [1.165, 1.54) is 0 Å². The van der Waals surface area contributed by atoms with Crippen LogP contribution in [0.3, 0.4) is 0 Å². The smallest absolute Gasteiger partial charge is 0.172 e. The number of hydrogen-bond donors (Lipinski definition) is 0. The average Bonchev–Trinajstić information content (AvgIpc) is 3.34. The molecule has 0 saturated carbocycles. The van der Waals surface area contributed by atoms with Crippen LogP contribution in [0.1, 0.15) is 23.6 Å². The summed E-state index contributed by atoms with van der Waals surface area (Å²) in [6.07, 6.45) is 0.673. The molecule has 1 aromatic heterocycles. The summed E-state index contributed by atoms with van der Waals surface area (Å²) < 4.78 is 11.1. The van der Waals surface area contributed by atoms with Crippen molar-refractivity contribution in [2.24, 2.45) is 5.10 Å². The molecule has 1 aliphatic heterocycles. The number of ether oxygens (including phenoxy) is 2. The second-order valence-electron chi connectivity index (χ2n) is 7.87. The van der Waals surface area contributed by atoms with Crippen molar-refractivity contribution < 1.29 is 9.47 Å². The van der Waals surface area contributed by atoms with Gasteiger partial charge in [-0.2, -0.15) is 5.10 Å². The highest BCUT2D eigenvalue weighted by Gasteiger charge is 2.33. The number of benzene rings is 3. The van der Waals surface area contributed by atoms with Crippen LogP contribution in [0.15, 0.2) is 90.0 Å². The average molecular weight is 471 g/mol. The first-order valence-electron chi connectivity index (χ1n) is 10.9. The molecule has 1 atom stereocenters. The number of hydrogen-bond acceptors (Lipinski definition) is 6. The minimum absolute atomic E-state index is 0.122. The molecule has 170 valence electrons. The summed E-state index contributed by atoms with van der Waals surface area (Å²) >= 11 is 6.10. The SMILES string of the molecule is COc1ccc(C2CC(c3ccc(Cl)cc3)=NN2c2ccc(-c3ccccc3)nn2)c(OC)c1. The summed E-state index contributed by atoms with van der Waals surface area (Å²) in [4.78, 5) is 0. The maximum absolute atomic E-state index is 6.10. The number of anilines is 1. The van der Waals surface area contributed by atoms with Crippen LogP contribution in [0.25, 0.3) is 11.3 Å². The van der Waals surface area contributed by atoms with E-state index >= 15 is 0 Å². The van der Waals surface area contributed by atoms with Crippen molar-refractivity contribution in [2.45, 2.75) is 12.5 Å². The molecule has 34 heavy (non-hydrogen) atoms. The number of methoxy groups -OCH3 is 2. The van der Waals surface area contributed by atoms with Gasteiger partial charge in [0.1, 0.15) is 11.5 Å². The quantitative estimate of drug-likeness (QED) is 0.337. The van der Waals surface area contributed by atoms with Crippen LogP contribution in [0.4, 0.5) is 5.82 Å². The molecular weight excluding hydrogens is 448 g/mol. The molecule has 0 spiro atoms. The lowest BCUT2D eigenvalue weighted by Crippen LogP contribution is -2.20. The largest absolute Gasteiger partial charge is 0.497 e. The standard InChI is InChI=1S/C27H23ClN4O2/c1-33-21-12-13-22(26(16-21)34-2)25-17-24(19-8-10-20(28)11-9-19)31-32(25)27-15-14-23(29-30-27)18-6-4-3-5-7-18/h3-16,25H,17H2,1-2H3. The summed E-state index contributed by atoms with van der Waals surface area (Å²) in [7, 11) is 3.30. The van der Waals surface area contributed by atoms with Crippen molar-refractivity contribution >= 4 is 23.1 Å². The van der Waals surface area contributed by atoms with E-state index in [-0.39, 0.29) is 6.04 Å². The van der Waals surface area contributed by atoms with Crippen molar-refractivity contribution in [3.05, 3.63) is 101 Å². The molecule has 0 fully saturated rings. The fourth-order valence-corrected chi connectivity index (χ4v) is 4.21. The van der Waals surface area contributed by atoms with E-state index in [0.717, 1.165) is 39.6 Å². The second-order valence-corrected chi connectivity index (χ2v) is 8.31. The Hall–Kier alpha value is -3.90. The Labute approximate surface area is 203 Å². The molecule has 0 radical (unpaired) electrons. The van der Waals surface area contributed by atoms with Crippen molar-refractivity contribution in [2.75, 3.05) is 19.2 Å². The Morgan fingerprint density at radius 3 is 2.29 bits per heavy atom. The van der Waals surface area contributed by atoms with E-state index in [2.05, 4.69) is 10.2 Å². The monoisotopic (exact) mass is 470 g/mol. The van der Waals surface area contributed by atoms with E-state index in [0.29, 0.717) is 17.3 Å². The minimum Gasteiger partial charge on any atom is -0.497 e. The summed E-state index contributed by atoms with van der Waals surface area (Å²) in [5.74, 6) is 2.12. The lowest BCUT2D eigenvalue weighted by atomic mass is 9.97. The molecule has 0 N–H and O–H groups in total. The predicted octanol–water partition coefficient (Wildman–Crippen LogP) is 6.17. The molecule has 6 nitrogen and oxygen atoms in total. The third-order valence-electron chi connectivity index (χ3n) is 5.84. The topological polar surface area (TPSA) is 59.8 Å². The van der Waals surface area contributed by atoms with Gasteiger partial charge in [-0.15, -0.1) is 10.2 Å². The molecule has 0 amide bonds. The minimum atomic E-state index is -0.122. The van der Waals surface area contributed by atoms with Crippen LogP contribution in [0.5, 0.6) is 11.5 Å². The van der Waals surface area contributed by atoms with E-state index in [9.17, 15) is 0 Å². The van der Waals surface area contributed by atoms with Gasteiger partial charge in [0.15, 0.2) is 5.82 Å². The molecule has 1 aliphatic rings. The van der Waals surface area contributed by atoms with Gasteiger partial charge < -0.3 is 9.47 Å². The zero-order valence-corrected chi connectivity index (χ0v) is 19.6. The Balaban J connectivity index is 1.55. The van der Waals surface area contributed by atoms with Crippen molar-refractivity contribution in [3.8, 4) is 22.8 Å². The highest BCUT2D eigenvalue weighted by atomic mass is 35.5. The zero-order valence-electron chi connectivity index (χ0n) is 18.9. The summed E-state index contributed by atoms with van der Waals surface area (Å²) in [5, 5.41) is 16.6. The number of aromatic nitrogens is 2. The van der Waals surface area contributed by atoms with Gasteiger partial charge in [0, 0.05) is 28.6 Å². The van der Waals surface area contributed by atoms with Crippen LogP contribution in [0.2, 0.25) is 5.02 Å². The molecule has 3 aromatic carbocycles. The van der Waals surface area contributed by atoms with E-state index in [4.69, 9.17) is 26.2 Å². The van der Waals surface area contributed by atoms with Gasteiger partial charge in [-0.1, -0.05) is 54.1 Å². The van der Waals surface area contributed by atoms with E-state index in [1.807, 2.05) is 89.9 Å². The number of nitrogens with zero attached hydrogens (tertiary/aromatic N) is 4. The van der Waals surface area contributed by atoms with E-state index < -0.39 is 0 Å². The number of halogens is 1. The molecule has 0 saturated heterocycles. The summed E-state index contributed by atoms with van der Waals surface area (Å²) in [6.45, 7) is 0. The fourth-order valence-electron chi connectivity index (χ4n) is 4.08. The van der Waals surface area contributed by atoms with Crippen LogP contribution >= 0.6 is 11.6 Å². The van der Waals surface area contributed by atoms with Gasteiger partial charge in [-0.05, 0) is 42.0 Å². The molecular formula is C27H23ClN4O2. The fraction of sp³-hybridized carbons (Fsp3) is 0.148. The Morgan fingerprint density at radius 2 is 1.62 bits per heavy atom. The molecule has 5 rings (SSSR count).